The molecule has 0 unspecified atom stereocenters. The van der Waals surface area contributed by atoms with E-state index in [4.69, 9.17) is 9.72 Å². The Morgan fingerprint density at radius 2 is 1.47 bits per heavy atom. The molecule has 0 saturated heterocycles. The van der Waals surface area contributed by atoms with Crippen LogP contribution in [0.3, 0.4) is 0 Å². The van der Waals surface area contributed by atoms with Gasteiger partial charge >= 0.3 is 0 Å². The molecule has 5 aromatic rings. The Morgan fingerprint density at radius 3 is 2.16 bits per heavy atom. The largest absolute Gasteiger partial charge is 0.495 e. The van der Waals surface area contributed by atoms with E-state index in [9.17, 15) is 9.59 Å². The van der Waals surface area contributed by atoms with Crippen molar-refractivity contribution in [3.63, 3.8) is 0 Å². The summed E-state index contributed by atoms with van der Waals surface area (Å²) in [6, 6.07) is 35.2. The number of rotatable bonds is 7. The second kappa shape index (κ2) is 12.4. The van der Waals surface area contributed by atoms with E-state index in [0.717, 1.165) is 60.3 Å². The maximum absolute atomic E-state index is 15.0. The van der Waals surface area contributed by atoms with Crippen molar-refractivity contribution in [2.75, 3.05) is 17.8 Å². The number of para-hydroxylation sites is 4. The molecule has 7 rings (SSSR count). The van der Waals surface area contributed by atoms with Crippen LogP contribution in [0.1, 0.15) is 43.2 Å². The van der Waals surface area contributed by atoms with Crippen LogP contribution in [0.25, 0.3) is 16.9 Å². The van der Waals surface area contributed by atoms with Gasteiger partial charge in [-0.15, -0.1) is 0 Å². The van der Waals surface area contributed by atoms with Crippen molar-refractivity contribution < 1.29 is 9.53 Å². The third kappa shape index (κ3) is 5.35. The van der Waals surface area contributed by atoms with Crippen LogP contribution in [0.4, 0.5) is 11.4 Å². The number of amides is 1. The molecule has 1 spiro atoms. The van der Waals surface area contributed by atoms with Crippen molar-refractivity contribution in [1.29, 1.82) is 0 Å². The van der Waals surface area contributed by atoms with Crippen molar-refractivity contribution in [2.24, 2.45) is 0 Å². The zero-order valence-corrected chi connectivity index (χ0v) is 26.1. The van der Waals surface area contributed by atoms with Gasteiger partial charge in [0.2, 0.25) is 5.91 Å². The first-order chi connectivity index (χ1) is 22.1. The average molecular weight is 614 g/mol. The lowest BCUT2D eigenvalue weighted by Crippen LogP contribution is -2.43. The number of aromatic nitrogens is 2. The smallest absolute Gasteiger partial charge is 0.263 e. The van der Waals surface area contributed by atoms with Crippen LogP contribution in [0.5, 0.6) is 5.75 Å². The monoisotopic (exact) mass is 613 g/mol. The molecule has 1 aromatic heterocycles. The molecule has 0 N–H and O–H groups in total. The summed E-state index contributed by atoms with van der Waals surface area (Å²) >= 11 is 1.29. The number of thioether (sulfide) groups is 1. The molecule has 1 amide bonds. The molecule has 45 heavy (non-hydrogen) atoms. The molecular formula is C38H35N3O3S. The van der Waals surface area contributed by atoms with Gasteiger partial charge in [0.1, 0.15) is 5.75 Å². The number of nitrogens with zero attached hydrogens (tertiary/aromatic N) is 3. The highest BCUT2D eigenvalue weighted by Crippen LogP contribution is 2.49. The zero-order chi connectivity index (χ0) is 30.8. The lowest BCUT2D eigenvalue weighted by molar-refractivity contribution is -0.115. The minimum atomic E-state index is -0.258. The number of anilines is 2. The molecule has 2 aliphatic carbocycles. The van der Waals surface area contributed by atoms with Gasteiger partial charge in [0.05, 0.1) is 29.8 Å². The van der Waals surface area contributed by atoms with Gasteiger partial charge in [0, 0.05) is 22.4 Å². The molecule has 1 fully saturated rings. The van der Waals surface area contributed by atoms with Gasteiger partial charge in [-0.2, -0.15) is 0 Å². The van der Waals surface area contributed by atoms with Gasteiger partial charge in [-0.1, -0.05) is 104 Å². The number of methoxy groups -OCH3 is 1. The lowest BCUT2D eigenvalue weighted by atomic mass is 9.62. The van der Waals surface area contributed by atoms with Crippen molar-refractivity contribution in [3.05, 3.63) is 131 Å². The number of hydrogen-bond acceptors (Lipinski definition) is 5. The fourth-order valence-corrected chi connectivity index (χ4v) is 7.94. The molecule has 0 aliphatic heterocycles. The predicted octanol–water partition coefficient (Wildman–Crippen LogP) is 8.12. The maximum Gasteiger partial charge on any atom is 0.263 e. The molecule has 1 heterocycles. The van der Waals surface area contributed by atoms with E-state index in [0.29, 0.717) is 16.6 Å². The van der Waals surface area contributed by atoms with Crippen LogP contribution < -0.4 is 15.2 Å². The Bertz CT molecular complexity index is 1860. The Labute approximate surface area is 267 Å². The van der Waals surface area contributed by atoms with Gasteiger partial charge in [-0.25, -0.2) is 4.98 Å². The first kappa shape index (κ1) is 29.1. The van der Waals surface area contributed by atoms with Crippen molar-refractivity contribution in [2.45, 2.75) is 49.1 Å². The summed E-state index contributed by atoms with van der Waals surface area (Å²) in [5.41, 5.74) is 5.67. The standard InChI is InChI=1S/C38H35N3O3S/c1-44-32-22-12-11-21-31(32)41-36(43)34-35(30-20-10-9-15-27(30)25-38(34)23-13-4-14-24-38)39-37(41)45-26-33(42)40(28-16-5-2-6-17-28)29-18-7-3-8-19-29/h2-3,5-12,15-22H,4,13-14,23-26H2,1H3. The van der Waals surface area contributed by atoms with Crippen LogP contribution in [-0.4, -0.2) is 28.3 Å². The van der Waals surface area contributed by atoms with Gasteiger partial charge < -0.3 is 4.74 Å². The van der Waals surface area contributed by atoms with E-state index in [1.54, 1.807) is 16.6 Å². The van der Waals surface area contributed by atoms with Crippen LogP contribution >= 0.6 is 11.8 Å². The van der Waals surface area contributed by atoms with E-state index in [-0.39, 0.29) is 22.6 Å². The second-order valence-electron chi connectivity index (χ2n) is 11.8. The topological polar surface area (TPSA) is 64.4 Å². The maximum atomic E-state index is 15.0. The number of ether oxygens (including phenoxy) is 1. The van der Waals surface area contributed by atoms with E-state index in [1.165, 1.54) is 23.7 Å². The molecule has 0 bridgehead atoms. The van der Waals surface area contributed by atoms with Crippen LogP contribution in [0, 0.1) is 0 Å². The number of fused-ring (bicyclic) bond motifs is 4. The Morgan fingerprint density at radius 1 is 0.844 bits per heavy atom. The lowest BCUT2D eigenvalue weighted by Gasteiger charge is -2.42. The molecule has 1 saturated carbocycles. The van der Waals surface area contributed by atoms with Crippen LogP contribution in [-0.2, 0) is 16.6 Å². The number of hydrogen-bond donors (Lipinski definition) is 0. The van der Waals surface area contributed by atoms with E-state index < -0.39 is 0 Å². The average Bonchev–Trinajstić information content (AvgIpc) is 3.09. The van der Waals surface area contributed by atoms with Gasteiger partial charge in [0.25, 0.3) is 5.56 Å². The van der Waals surface area contributed by atoms with Gasteiger partial charge in [-0.3, -0.25) is 19.1 Å². The minimum Gasteiger partial charge on any atom is -0.495 e. The van der Waals surface area contributed by atoms with Crippen LogP contribution in [0.15, 0.2) is 119 Å². The first-order valence-corrected chi connectivity index (χ1v) is 16.5. The van der Waals surface area contributed by atoms with E-state index in [1.807, 2.05) is 91.0 Å². The van der Waals surface area contributed by atoms with Gasteiger partial charge in [0.15, 0.2) is 5.16 Å². The molecule has 7 heteroatoms. The second-order valence-corrected chi connectivity index (χ2v) is 12.7. The summed E-state index contributed by atoms with van der Waals surface area (Å²) in [4.78, 5) is 36.1. The highest BCUT2D eigenvalue weighted by atomic mass is 32.2. The Balaban J connectivity index is 1.38. The Hall–Kier alpha value is -4.62. The third-order valence-corrected chi connectivity index (χ3v) is 10.0. The third-order valence-electron chi connectivity index (χ3n) is 9.12. The summed E-state index contributed by atoms with van der Waals surface area (Å²) in [5.74, 6) is 0.551. The molecule has 0 radical (unpaired) electrons. The first-order valence-electron chi connectivity index (χ1n) is 15.5. The molecule has 2 aliphatic rings. The fraction of sp³-hybridized carbons (Fsp3) is 0.237. The molecule has 226 valence electrons. The Kier molecular flexibility index (Phi) is 8.03. The van der Waals surface area contributed by atoms with Gasteiger partial charge in [-0.05, 0) is 61.2 Å². The summed E-state index contributed by atoms with van der Waals surface area (Å²) in [6.45, 7) is 0. The molecule has 4 aromatic carbocycles. The summed E-state index contributed by atoms with van der Waals surface area (Å²) in [6.07, 6.45) is 6.14. The number of benzene rings is 4. The minimum absolute atomic E-state index is 0.0705. The van der Waals surface area contributed by atoms with E-state index in [2.05, 4.69) is 18.2 Å². The van der Waals surface area contributed by atoms with E-state index >= 15 is 0 Å². The molecule has 0 atom stereocenters. The van der Waals surface area contributed by atoms with Crippen molar-refractivity contribution >= 4 is 29.0 Å². The zero-order valence-electron chi connectivity index (χ0n) is 25.3. The quantitative estimate of drug-likeness (QED) is 0.137. The molecular weight excluding hydrogens is 579 g/mol. The summed E-state index contributed by atoms with van der Waals surface area (Å²) < 4.78 is 7.44. The SMILES string of the molecule is COc1ccccc1-n1c(SCC(=O)N(c2ccccc2)c2ccccc2)nc2c(c1=O)C1(CCCCC1)Cc1ccccc1-2. The van der Waals surface area contributed by atoms with Crippen molar-refractivity contribution in [1.82, 2.24) is 9.55 Å². The normalized spacial score (nSPS) is 14.8. The molecule has 6 nitrogen and oxygen atoms in total. The highest BCUT2D eigenvalue weighted by molar-refractivity contribution is 7.99. The number of carbonyl (C=O) groups excluding carboxylic acids is 1. The predicted molar refractivity (Wildman–Crippen MR) is 181 cm³/mol. The highest BCUT2D eigenvalue weighted by Gasteiger charge is 2.43. The fourth-order valence-electron chi connectivity index (χ4n) is 7.09. The number of carbonyl (C=O) groups is 1. The summed E-state index contributed by atoms with van der Waals surface area (Å²) in [5, 5.41) is 0.473. The van der Waals surface area contributed by atoms with Crippen LogP contribution in [0.2, 0.25) is 0 Å². The summed E-state index contributed by atoms with van der Waals surface area (Å²) in [7, 11) is 1.61. The van der Waals surface area contributed by atoms with Crippen molar-refractivity contribution in [3.8, 4) is 22.7 Å².